The lowest BCUT2D eigenvalue weighted by molar-refractivity contribution is -0.104. The van der Waals surface area contributed by atoms with Crippen molar-refractivity contribution in [3.63, 3.8) is 0 Å². The summed E-state index contributed by atoms with van der Waals surface area (Å²) in [4.78, 5) is 20.8. The molecule has 0 amide bonds. The van der Waals surface area contributed by atoms with Gasteiger partial charge in [-0.25, -0.2) is 9.98 Å². The van der Waals surface area contributed by atoms with Gasteiger partial charge in [0.2, 0.25) is 12.5 Å². The van der Waals surface area contributed by atoms with E-state index in [1.165, 1.54) is 0 Å². The van der Waals surface area contributed by atoms with E-state index in [0.717, 1.165) is 11.3 Å². The van der Waals surface area contributed by atoms with E-state index < -0.39 is 6.17 Å². The third-order valence-electron chi connectivity index (χ3n) is 4.63. The monoisotopic (exact) mass is 437 g/mol. The lowest BCUT2D eigenvalue weighted by Crippen LogP contribution is -2.15. The lowest BCUT2D eigenvalue weighted by atomic mass is 10.00. The summed E-state index contributed by atoms with van der Waals surface area (Å²) < 4.78 is 7.33. The molecule has 0 saturated carbocycles. The van der Waals surface area contributed by atoms with E-state index in [4.69, 9.17) is 21.3 Å². The lowest BCUT2D eigenvalue weighted by Gasteiger charge is -2.12. The number of ether oxygens (including phenoxy) is 1. The Kier molecular flexibility index (Phi) is 5.56. The van der Waals surface area contributed by atoms with Gasteiger partial charge in [-0.1, -0.05) is 23.7 Å². The molecule has 1 atom stereocenters. The maximum Gasteiger partial charge on any atom is 0.252 e. The highest BCUT2D eigenvalue weighted by molar-refractivity contribution is 6.30. The SMILES string of the molecule is Cc1nnc2n1-c1ccc(O)cc1C(c1ccc(Cl)cc1)=NC2N=C(C=O)OC(C)C. The summed E-state index contributed by atoms with van der Waals surface area (Å²) in [7, 11) is 0. The number of aromatic hydroxyl groups is 1. The van der Waals surface area contributed by atoms with Crippen molar-refractivity contribution < 1.29 is 14.6 Å². The molecule has 1 aliphatic heterocycles. The molecule has 0 bridgehead atoms. The fraction of sp³-hybridized carbons (Fsp3) is 0.227. The van der Waals surface area contributed by atoms with Gasteiger partial charge in [-0.3, -0.25) is 9.36 Å². The van der Waals surface area contributed by atoms with Gasteiger partial charge in [0.05, 0.1) is 17.5 Å². The molecule has 4 rings (SSSR count). The molecule has 1 unspecified atom stereocenters. The molecule has 2 heterocycles. The van der Waals surface area contributed by atoms with Crippen LogP contribution in [0.5, 0.6) is 5.75 Å². The van der Waals surface area contributed by atoms with Crippen molar-refractivity contribution in [1.29, 1.82) is 0 Å². The smallest absolute Gasteiger partial charge is 0.252 e. The van der Waals surface area contributed by atoms with Crippen LogP contribution in [0.25, 0.3) is 5.69 Å². The van der Waals surface area contributed by atoms with Crippen LogP contribution in [0.1, 0.15) is 42.8 Å². The van der Waals surface area contributed by atoms with E-state index in [0.29, 0.717) is 34.2 Å². The Bertz CT molecular complexity index is 1200. The number of carbonyl (C=O) groups excluding carboxylic acids is 1. The molecule has 0 spiro atoms. The first-order valence-electron chi connectivity index (χ1n) is 9.66. The van der Waals surface area contributed by atoms with Gasteiger partial charge in [-0.15, -0.1) is 10.2 Å². The van der Waals surface area contributed by atoms with E-state index >= 15 is 0 Å². The molecule has 2 aromatic carbocycles. The number of hydrogen-bond donors (Lipinski definition) is 1. The first kappa shape index (κ1) is 20.7. The fourth-order valence-electron chi connectivity index (χ4n) is 3.38. The van der Waals surface area contributed by atoms with Crippen molar-refractivity contribution in [3.8, 4) is 11.4 Å². The van der Waals surface area contributed by atoms with E-state index in [2.05, 4.69) is 15.2 Å². The Morgan fingerprint density at radius 2 is 1.97 bits per heavy atom. The van der Waals surface area contributed by atoms with Gasteiger partial charge in [-0.2, -0.15) is 0 Å². The number of carbonyl (C=O) groups is 1. The number of rotatable bonds is 4. The number of halogens is 1. The maximum absolute atomic E-state index is 11.6. The normalized spacial score (nSPS) is 15.7. The molecule has 1 N–H and O–H groups in total. The zero-order chi connectivity index (χ0) is 22.1. The molecule has 31 heavy (non-hydrogen) atoms. The second-order valence-corrected chi connectivity index (χ2v) is 7.69. The van der Waals surface area contributed by atoms with E-state index in [9.17, 15) is 9.90 Å². The molecule has 1 aromatic heterocycles. The van der Waals surface area contributed by atoms with Gasteiger partial charge in [0.15, 0.2) is 5.82 Å². The van der Waals surface area contributed by atoms with E-state index in [-0.39, 0.29) is 17.8 Å². The summed E-state index contributed by atoms with van der Waals surface area (Å²) in [5.74, 6) is 1.05. The number of phenols is 1. The number of aromatic nitrogens is 3. The van der Waals surface area contributed by atoms with Gasteiger partial charge >= 0.3 is 0 Å². The number of fused-ring (bicyclic) bond motifs is 3. The van der Waals surface area contributed by atoms with E-state index in [1.54, 1.807) is 44.2 Å². The molecule has 3 aromatic rings. The first-order valence-corrected chi connectivity index (χ1v) is 10.0. The van der Waals surface area contributed by atoms with E-state index in [1.807, 2.05) is 23.6 Å². The molecule has 1 aliphatic rings. The number of aliphatic imine (C=N–C) groups is 2. The third-order valence-corrected chi connectivity index (χ3v) is 4.88. The fourth-order valence-corrected chi connectivity index (χ4v) is 3.50. The Labute approximate surface area is 183 Å². The standard InChI is InChI=1S/C22H20ClN5O3/c1-12(2)31-19(11-29)24-21-22-27-26-13(3)28(22)18-9-8-16(30)10-17(18)20(25-21)14-4-6-15(23)7-5-14/h4-12,21,30H,1-3H3. The van der Waals surface area contributed by atoms with Crippen LogP contribution in [-0.2, 0) is 9.53 Å². The van der Waals surface area contributed by atoms with Gasteiger partial charge in [-0.05, 0) is 51.1 Å². The van der Waals surface area contributed by atoms with Gasteiger partial charge < -0.3 is 9.84 Å². The molecule has 0 radical (unpaired) electrons. The average molecular weight is 438 g/mol. The van der Waals surface area contributed by atoms with Crippen LogP contribution in [0.15, 0.2) is 52.4 Å². The van der Waals surface area contributed by atoms with Gasteiger partial charge in [0.1, 0.15) is 11.6 Å². The Morgan fingerprint density at radius 3 is 2.65 bits per heavy atom. The molecule has 8 nitrogen and oxygen atoms in total. The summed E-state index contributed by atoms with van der Waals surface area (Å²) in [6.45, 7) is 5.42. The number of aldehydes is 1. The molecule has 0 fully saturated rings. The highest BCUT2D eigenvalue weighted by atomic mass is 35.5. The number of benzene rings is 2. The number of hydrogen-bond acceptors (Lipinski definition) is 7. The van der Waals surface area contributed by atoms with Gasteiger partial charge in [0.25, 0.3) is 5.90 Å². The zero-order valence-electron chi connectivity index (χ0n) is 17.2. The maximum atomic E-state index is 11.6. The first-order chi connectivity index (χ1) is 14.9. The number of nitrogens with zero attached hydrogens (tertiary/aromatic N) is 5. The van der Waals surface area contributed by atoms with Gasteiger partial charge in [0, 0.05) is 16.1 Å². The second kappa shape index (κ2) is 8.31. The van der Waals surface area contributed by atoms with Crippen molar-refractivity contribution >= 4 is 29.5 Å². The minimum Gasteiger partial charge on any atom is -0.508 e. The van der Waals surface area contributed by atoms with Crippen LogP contribution in [0, 0.1) is 6.92 Å². The molecule has 158 valence electrons. The summed E-state index contributed by atoms with van der Waals surface area (Å²) in [6.07, 6.45) is -0.571. The number of phenolic OH excluding ortho intramolecular Hbond substituents is 1. The van der Waals surface area contributed by atoms with Crippen LogP contribution in [-0.4, -0.2) is 43.9 Å². The zero-order valence-corrected chi connectivity index (χ0v) is 17.9. The predicted molar refractivity (Wildman–Crippen MR) is 117 cm³/mol. The van der Waals surface area contributed by atoms with Crippen LogP contribution in [0.3, 0.4) is 0 Å². The largest absolute Gasteiger partial charge is 0.508 e. The van der Waals surface area contributed by atoms with Crippen LogP contribution >= 0.6 is 11.6 Å². The van der Waals surface area contributed by atoms with Crippen molar-refractivity contribution in [3.05, 3.63) is 70.3 Å². The number of aryl methyl sites for hydroxylation is 1. The molecule has 0 aliphatic carbocycles. The third kappa shape index (κ3) is 4.06. The molecular weight excluding hydrogens is 418 g/mol. The highest BCUT2D eigenvalue weighted by Crippen LogP contribution is 2.33. The molecular formula is C22H20ClN5O3. The summed E-state index contributed by atoms with van der Waals surface area (Å²) >= 11 is 6.07. The Balaban J connectivity index is 2.00. The second-order valence-electron chi connectivity index (χ2n) is 7.25. The van der Waals surface area contributed by atoms with Crippen LogP contribution in [0.2, 0.25) is 5.02 Å². The summed E-state index contributed by atoms with van der Waals surface area (Å²) in [6, 6.07) is 12.2. The van der Waals surface area contributed by atoms with Crippen LogP contribution < -0.4 is 0 Å². The summed E-state index contributed by atoms with van der Waals surface area (Å²) in [5.41, 5.74) is 2.74. The minimum atomic E-state index is -0.889. The topological polar surface area (TPSA) is 102 Å². The Morgan fingerprint density at radius 1 is 1.23 bits per heavy atom. The van der Waals surface area contributed by atoms with Crippen LogP contribution in [0.4, 0.5) is 0 Å². The quantitative estimate of drug-likeness (QED) is 0.380. The predicted octanol–water partition coefficient (Wildman–Crippen LogP) is 3.81. The van der Waals surface area contributed by atoms with Crippen molar-refractivity contribution in [2.24, 2.45) is 9.98 Å². The van der Waals surface area contributed by atoms with Crippen molar-refractivity contribution in [1.82, 2.24) is 14.8 Å². The Hall–Kier alpha value is -3.52. The molecule has 9 heteroatoms. The van der Waals surface area contributed by atoms with Crippen molar-refractivity contribution in [2.45, 2.75) is 33.0 Å². The highest BCUT2D eigenvalue weighted by Gasteiger charge is 2.29. The molecule has 0 saturated heterocycles. The van der Waals surface area contributed by atoms with Crippen molar-refractivity contribution in [2.75, 3.05) is 0 Å². The summed E-state index contributed by atoms with van der Waals surface area (Å²) in [5, 5.41) is 19.2. The average Bonchev–Trinajstić information content (AvgIpc) is 3.05. The minimum absolute atomic E-state index is 0.0831.